The molecule has 1 aromatic heterocycles. The Balaban J connectivity index is 1.36. The second-order valence-electron chi connectivity index (χ2n) is 9.70. The van der Waals surface area contributed by atoms with Crippen molar-refractivity contribution in [1.82, 2.24) is 18.9 Å². The van der Waals surface area contributed by atoms with Crippen molar-refractivity contribution in [3.05, 3.63) is 67.3 Å². The summed E-state index contributed by atoms with van der Waals surface area (Å²) < 4.78 is 17.2. The molecule has 0 bridgehead atoms. The maximum Gasteiger partial charge on any atom is 0.329 e. The molecule has 2 aromatic carbocycles. The lowest BCUT2D eigenvalue weighted by Gasteiger charge is -2.32. The van der Waals surface area contributed by atoms with Gasteiger partial charge in [-0.1, -0.05) is 47.3 Å². The Bertz CT molecular complexity index is 1260. The van der Waals surface area contributed by atoms with Crippen LogP contribution in [-0.2, 0) is 13.1 Å². The third kappa shape index (κ3) is 5.42. The van der Waals surface area contributed by atoms with Crippen LogP contribution in [0.4, 0.5) is 4.39 Å². The first-order valence-electron chi connectivity index (χ1n) is 12.4. The molecule has 5 rings (SSSR count). The van der Waals surface area contributed by atoms with Gasteiger partial charge >= 0.3 is 5.69 Å². The van der Waals surface area contributed by atoms with Crippen molar-refractivity contribution in [3.8, 4) is 0 Å². The molecular formula is C26H30Cl3FN4O. The van der Waals surface area contributed by atoms with Crippen LogP contribution in [0.25, 0.3) is 11.0 Å². The van der Waals surface area contributed by atoms with Crippen molar-refractivity contribution in [2.24, 2.45) is 0 Å². The summed E-state index contributed by atoms with van der Waals surface area (Å²) >= 11 is 19.0. The number of piperidine rings is 2. The molecule has 2 fully saturated rings. The molecule has 188 valence electrons. The van der Waals surface area contributed by atoms with Gasteiger partial charge in [-0.15, -0.1) is 0 Å². The van der Waals surface area contributed by atoms with Crippen LogP contribution in [0.1, 0.15) is 43.7 Å². The Hall–Kier alpha value is -1.57. The number of benzene rings is 2. The Morgan fingerprint density at radius 3 is 2.17 bits per heavy atom. The number of rotatable bonds is 6. The van der Waals surface area contributed by atoms with E-state index < -0.39 is 0 Å². The van der Waals surface area contributed by atoms with Gasteiger partial charge in [0.15, 0.2) is 0 Å². The fourth-order valence-electron chi connectivity index (χ4n) is 5.49. The van der Waals surface area contributed by atoms with E-state index >= 15 is 0 Å². The Morgan fingerprint density at radius 1 is 0.800 bits per heavy atom. The number of hydrogen-bond acceptors (Lipinski definition) is 3. The molecule has 0 saturated carbocycles. The van der Waals surface area contributed by atoms with Crippen LogP contribution < -0.4 is 5.69 Å². The van der Waals surface area contributed by atoms with Gasteiger partial charge in [0, 0.05) is 43.8 Å². The van der Waals surface area contributed by atoms with Gasteiger partial charge in [0.05, 0.1) is 21.1 Å². The zero-order valence-corrected chi connectivity index (χ0v) is 21.9. The number of nitrogens with zero attached hydrogens (tertiary/aromatic N) is 4. The second kappa shape index (κ2) is 10.8. The van der Waals surface area contributed by atoms with Gasteiger partial charge in [-0.3, -0.25) is 14.0 Å². The fourth-order valence-corrected chi connectivity index (χ4v) is 6.03. The lowest BCUT2D eigenvalue weighted by molar-refractivity contribution is 0.179. The average Bonchev–Trinajstić information content (AvgIpc) is 3.11. The van der Waals surface area contributed by atoms with E-state index in [4.69, 9.17) is 34.8 Å². The van der Waals surface area contributed by atoms with Gasteiger partial charge in [-0.25, -0.2) is 9.18 Å². The highest BCUT2D eigenvalue weighted by molar-refractivity contribution is 6.42. The van der Waals surface area contributed by atoms with E-state index in [1.54, 1.807) is 6.07 Å². The molecule has 0 radical (unpaired) electrons. The Kier molecular flexibility index (Phi) is 7.75. The number of likely N-dealkylation sites (tertiary alicyclic amines) is 2. The van der Waals surface area contributed by atoms with Gasteiger partial charge < -0.3 is 4.90 Å². The average molecular weight is 540 g/mol. The van der Waals surface area contributed by atoms with E-state index in [2.05, 4.69) is 9.80 Å². The van der Waals surface area contributed by atoms with Gasteiger partial charge in [0.25, 0.3) is 0 Å². The van der Waals surface area contributed by atoms with E-state index in [0.29, 0.717) is 28.2 Å². The monoisotopic (exact) mass is 538 g/mol. The van der Waals surface area contributed by atoms with Crippen LogP contribution in [0.5, 0.6) is 0 Å². The maximum atomic E-state index is 13.7. The van der Waals surface area contributed by atoms with Crippen molar-refractivity contribution in [1.29, 1.82) is 0 Å². The smallest absolute Gasteiger partial charge is 0.302 e. The minimum absolute atomic E-state index is 0.00960. The highest BCUT2D eigenvalue weighted by Crippen LogP contribution is 2.32. The summed E-state index contributed by atoms with van der Waals surface area (Å²) in [4.78, 5) is 18.4. The van der Waals surface area contributed by atoms with Crippen molar-refractivity contribution >= 4 is 45.8 Å². The first-order valence-corrected chi connectivity index (χ1v) is 13.5. The lowest BCUT2D eigenvalue weighted by Crippen LogP contribution is -2.38. The molecule has 0 N–H and O–H groups in total. The summed E-state index contributed by atoms with van der Waals surface area (Å²) in [6.45, 7) is 6.00. The predicted molar refractivity (Wildman–Crippen MR) is 141 cm³/mol. The summed E-state index contributed by atoms with van der Waals surface area (Å²) in [6.07, 6.45) is 5.41. The van der Waals surface area contributed by atoms with Crippen LogP contribution in [0.2, 0.25) is 15.1 Å². The predicted octanol–water partition coefficient (Wildman–Crippen LogP) is 6.23. The Labute approximate surface area is 220 Å². The molecule has 0 unspecified atom stereocenters. The number of fused-ring (bicyclic) bond motifs is 1. The summed E-state index contributed by atoms with van der Waals surface area (Å²) in [5.74, 6) is -0.327. The van der Waals surface area contributed by atoms with Gasteiger partial charge in [0.2, 0.25) is 0 Å². The molecule has 0 amide bonds. The van der Waals surface area contributed by atoms with E-state index in [9.17, 15) is 9.18 Å². The largest absolute Gasteiger partial charge is 0.329 e. The molecule has 3 aromatic rings. The topological polar surface area (TPSA) is 33.4 Å². The highest BCUT2D eigenvalue weighted by atomic mass is 35.5. The van der Waals surface area contributed by atoms with Crippen LogP contribution in [0.15, 0.2) is 35.1 Å². The summed E-state index contributed by atoms with van der Waals surface area (Å²) in [5.41, 5.74) is 2.62. The molecular weight excluding hydrogens is 510 g/mol. The van der Waals surface area contributed by atoms with Crippen molar-refractivity contribution < 1.29 is 4.39 Å². The summed E-state index contributed by atoms with van der Waals surface area (Å²) in [6, 6.07) is 8.30. The number of aromatic nitrogens is 2. The normalized spacial score (nSPS) is 18.5. The molecule has 0 atom stereocenters. The number of hydrogen-bond donors (Lipinski definition) is 0. The Morgan fingerprint density at radius 2 is 1.49 bits per heavy atom. The molecule has 5 nitrogen and oxygen atoms in total. The minimum atomic E-state index is -0.327. The molecule has 9 heteroatoms. The summed E-state index contributed by atoms with van der Waals surface area (Å²) in [7, 11) is 0. The van der Waals surface area contributed by atoms with Crippen molar-refractivity contribution in [2.75, 3.05) is 32.7 Å². The zero-order chi connectivity index (χ0) is 24.5. The highest BCUT2D eigenvalue weighted by Gasteiger charge is 2.26. The van der Waals surface area contributed by atoms with E-state index in [1.165, 1.54) is 31.4 Å². The standard InChI is InChI=1S/C26H30Cl3FN4O/c27-21-14-19(30)5-4-18(21)17-32-10-6-20(7-11-32)34-25-16-23(29)22(28)15-24(25)33(26(34)35)13-12-31-8-2-1-3-9-31/h4-5,14-16,20H,1-3,6-13,17H2. The van der Waals surface area contributed by atoms with Crippen LogP contribution in [-0.4, -0.2) is 51.7 Å². The van der Waals surface area contributed by atoms with Crippen molar-refractivity contribution in [2.45, 2.75) is 51.2 Å². The minimum Gasteiger partial charge on any atom is -0.302 e. The van der Waals surface area contributed by atoms with Crippen LogP contribution in [0, 0.1) is 5.82 Å². The molecule has 0 aliphatic carbocycles. The molecule has 2 aliphatic rings. The first kappa shape index (κ1) is 25.1. The van der Waals surface area contributed by atoms with E-state index in [-0.39, 0.29) is 17.5 Å². The van der Waals surface area contributed by atoms with Gasteiger partial charge in [-0.05, 0) is 68.6 Å². The molecule has 0 spiro atoms. The maximum absolute atomic E-state index is 13.7. The van der Waals surface area contributed by atoms with E-state index in [0.717, 1.165) is 62.2 Å². The van der Waals surface area contributed by atoms with Gasteiger partial charge in [0.1, 0.15) is 5.82 Å². The number of halogens is 4. The molecule has 2 aliphatic heterocycles. The van der Waals surface area contributed by atoms with Crippen LogP contribution >= 0.6 is 34.8 Å². The van der Waals surface area contributed by atoms with Crippen molar-refractivity contribution in [3.63, 3.8) is 0 Å². The molecule has 3 heterocycles. The zero-order valence-electron chi connectivity index (χ0n) is 19.7. The van der Waals surface area contributed by atoms with Crippen LogP contribution in [0.3, 0.4) is 0 Å². The van der Waals surface area contributed by atoms with Gasteiger partial charge in [-0.2, -0.15) is 0 Å². The fraction of sp³-hybridized carbons (Fsp3) is 0.500. The molecule has 35 heavy (non-hydrogen) atoms. The quantitative estimate of drug-likeness (QED) is 0.373. The third-order valence-corrected chi connectivity index (χ3v) is 8.50. The first-order chi connectivity index (χ1) is 16.9. The SMILES string of the molecule is O=c1n(CCN2CCCCC2)c2cc(Cl)c(Cl)cc2n1C1CCN(Cc2ccc(F)cc2Cl)CC1. The summed E-state index contributed by atoms with van der Waals surface area (Å²) in [5, 5.41) is 1.38. The molecule has 2 saturated heterocycles. The second-order valence-corrected chi connectivity index (χ2v) is 10.9. The van der Waals surface area contributed by atoms with E-state index in [1.807, 2.05) is 21.3 Å². The number of imidazole rings is 1. The lowest BCUT2D eigenvalue weighted by atomic mass is 10.0. The third-order valence-electron chi connectivity index (χ3n) is 7.42.